The van der Waals surface area contributed by atoms with Crippen molar-refractivity contribution in [3.8, 4) is 5.88 Å². The zero-order chi connectivity index (χ0) is 19.1. The molecule has 2 heterocycles. The molecule has 0 aliphatic heterocycles. The van der Waals surface area contributed by atoms with Gasteiger partial charge in [-0.25, -0.2) is 4.98 Å². The monoisotopic (exact) mass is 382 g/mol. The van der Waals surface area contributed by atoms with E-state index < -0.39 is 0 Å². The summed E-state index contributed by atoms with van der Waals surface area (Å²) < 4.78 is 11.0. The molecule has 1 amide bonds. The summed E-state index contributed by atoms with van der Waals surface area (Å²) in [5, 5.41) is 7.16. The summed E-state index contributed by atoms with van der Waals surface area (Å²) in [7, 11) is 0. The summed E-state index contributed by atoms with van der Waals surface area (Å²) in [5.41, 5.74) is 1.50. The summed E-state index contributed by atoms with van der Waals surface area (Å²) in [6, 6.07) is 3.66. The van der Waals surface area contributed by atoms with Gasteiger partial charge >= 0.3 is 0 Å². The van der Waals surface area contributed by atoms with E-state index in [1.54, 1.807) is 6.92 Å². The predicted octanol–water partition coefficient (Wildman–Crippen LogP) is 3.71. The van der Waals surface area contributed by atoms with Gasteiger partial charge in [0.15, 0.2) is 5.82 Å². The Morgan fingerprint density at radius 1 is 1.18 bits per heavy atom. The van der Waals surface area contributed by atoms with Gasteiger partial charge in [-0.15, -0.1) is 0 Å². The molecule has 0 radical (unpaired) electrons. The van der Waals surface area contributed by atoms with Crippen molar-refractivity contribution in [2.45, 2.75) is 63.8 Å². The maximum Gasteiger partial charge on any atom is 0.270 e. The van der Waals surface area contributed by atoms with Gasteiger partial charge in [-0.05, 0) is 55.4 Å². The maximum atomic E-state index is 13.2. The number of hydrogen-bond donors (Lipinski definition) is 1. The first-order valence-electron chi connectivity index (χ1n) is 10.4. The highest BCUT2D eigenvalue weighted by atomic mass is 16.5. The minimum absolute atomic E-state index is 0.174. The lowest BCUT2D eigenvalue weighted by Gasteiger charge is -2.17. The first-order valence-corrected chi connectivity index (χ1v) is 10.4. The van der Waals surface area contributed by atoms with E-state index >= 15 is 0 Å². The SMILES string of the molecule is Cc1nc([C@H](CC2CC2)NC(=O)c2nc(OCC3CC3)ccc2C2CC2)no1. The Kier molecular flexibility index (Phi) is 4.53. The molecular weight excluding hydrogens is 356 g/mol. The van der Waals surface area contributed by atoms with Gasteiger partial charge in [0.1, 0.15) is 5.69 Å². The molecule has 0 saturated heterocycles. The van der Waals surface area contributed by atoms with Crippen LogP contribution in [0.3, 0.4) is 0 Å². The van der Waals surface area contributed by atoms with Crippen LogP contribution >= 0.6 is 0 Å². The molecule has 7 heteroatoms. The van der Waals surface area contributed by atoms with Gasteiger partial charge < -0.3 is 14.6 Å². The molecule has 3 aliphatic rings. The Hall–Kier alpha value is -2.44. The maximum absolute atomic E-state index is 13.2. The van der Waals surface area contributed by atoms with Gasteiger partial charge in [-0.1, -0.05) is 24.1 Å². The molecule has 2 aromatic heterocycles. The Labute approximate surface area is 164 Å². The van der Waals surface area contributed by atoms with E-state index in [2.05, 4.69) is 20.4 Å². The molecule has 148 valence electrons. The second kappa shape index (κ2) is 7.18. The van der Waals surface area contributed by atoms with E-state index in [4.69, 9.17) is 9.26 Å². The second-order valence-electron chi connectivity index (χ2n) is 8.49. The number of amides is 1. The molecular formula is C21H26N4O3. The van der Waals surface area contributed by atoms with Crippen LogP contribution in [0.4, 0.5) is 0 Å². The van der Waals surface area contributed by atoms with Crippen LogP contribution < -0.4 is 10.1 Å². The number of carbonyl (C=O) groups is 1. The van der Waals surface area contributed by atoms with Crippen LogP contribution in [-0.4, -0.2) is 27.6 Å². The average Bonchev–Trinajstić information content (AvgIpc) is 3.55. The molecule has 0 bridgehead atoms. The van der Waals surface area contributed by atoms with Crippen LogP contribution in [0, 0.1) is 18.8 Å². The minimum atomic E-state index is -0.248. The van der Waals surface area contributed by atoms with E-state index in [1.807, 2.05) is 12.1 Å². The van der Waals surface area contributed by atoms with E-state index in [1.165, 1.54) is 25.7 Å². The third kappa shape index (κ3) is 4.18. The third-order valence-electron chi connectivity index (χ3n) is 5.72. The highest BCUT2D eigenvalue weighted by Crippen LogP contribution is 2.42. The first kappa shape index (κ1) is 17.6. The summed E-state index contributed by atoms with van der Waals surface area (Å²) >= 11 is 0. The van der Waals surface area contributed by atoms with Crippen molar-refractivity contribution >= 4 is 5.91 Å². The Morgan fingerprint density at radius 3 is 2.61 bits per heavy atom. The number of ether oxygens (including phenoxy) is 1. The van der Waals surface area contributed by atoms with Gasteiger partial charge in [-0.3, -0.25) is 4.79 Å². The van der Waals surface area contributed by atoms with Gasteiger partial charge in [0, 0.05) is 13.0 Å². The lowest BCUT2D eigenvalue weighted by molar-refractivity contribution is 0.0923. The van der Waals surface area contributed by atoms with Crippen molar-refractivity contribution in [1.82, 2.24) is 20.4 Å². The van der Waals surface area contributed by atoms with Crippen LogP contribution in [0.5, 0.6) is 5.88 Å². The standard InChI is InChI=1S/C21H26N4O3/c1-12-22-20(25-28-12)17(10-13-2-3-13)23-21(26)19-16(15-6-7-15)8-9-18(24-19)27-11-14-4-5-14/h8-9,13-15,17H,2-7,10-11H2,1H3,(H,23,26)/t17-/m0/s1. The van der Waals surface area contributed by atoms with Crippen molar-refractivity contribution in [2.24, 2.45) is 11.8 Å². The fourth-order valence-electron chi connectivity index (χ4n) is 3.52. The number of nitrogens with zero attached hydrogens (tertiary/aromatic N) is 3. The summed E-state index contributed by atoms with van der Waals surface area (Å²) in [6.45, 7) is 2.45. The number of nitrogens with one attached hydrogen (secondary N) is 1. The smallest absolute Gasteiger partial charge is 0.270 e. The van der Waals surface area contributed by atoms with Crippen LogP contribution in [0.25, 0.3) is 0 Å². The van der Waals surface area contributed by atoms with Crippen molar-refractivity contribution in [2.75, 3.05) is 6.61 Å². The molecule has 3 saturated carbocycles. The second-order valence-corrected chi connectivity index (χ2v) is 8.49. The van der Waals surface area contributed by atoms with Gasteiger partial charge in [0.25, 0.3) is 5.91 Å². The van der Waals surface area contributed by atoms with Crippen LogP contribution in [0.2, 0.25) is 0 Å². The lowest BCUT2D eigenvalue weighted by atomic mass is 10.1. The first-order chi connectivity index (χ1) is 13.7. The van der Waals surface area contributed by atoms with Crippen LogP contribution in [0.1, 0.15) is 84.7 Å². The minimum Gasteiger partial charge on any atom is -0.477 e. The van der Waals surface area contributed by atoms with Crippen molar-refractivity contribution in [1.29, 1.82) is 0 Å². The number of aromatic nitrogens is 3. The molecule has 1 atom stereocenters. The fraction of sp³-hybridized carbons (Fsp3) is 0.619. The molecule has 7 nitrogen and oxygen atoms in total. The molecule has 0 spiro atoms. The summed E-state index contributed by atoms with van der Waals surface area (Å²) in [4.78, 5) is 22.1. The molecule has 3 fully saturated rings. The van der Waals surface area contributed by atoms with E-state index in [0.717, 1.165) is 24.8 Å². The quantitative estimate of drug-likeness (QED) is 0.711. The van der Waals surface area contributed by atoms with Crippen LogP contribution in [0.15, 0.2) is 16.7 Å². The Bertz CT molecular complexity index is 868. The van der Waals surface area contributed by atoms with Crippen molar-refractivity contribution in [3.63, 3.8) is 0 Å². The lowest BCUT2D eigenvalue weighted by Crippen LogP contribution is -2.31. The molecule has 1 N–H and O–H groups in total. The van der Waals surface area contributed by atoms with Gasteiger partial charge in [0.05, 0.1) is 12.6 Å². The zero-order valence-corrected chi connectivity index (χ0v) is 16.2. The Morgan fingerprint density at radius 2 is 1.96 bits per heavy atom. The Balaban J connectivity index is 1.36. The van der Waals surface area contributed by atoms with Crippen LogP contribution in [-0.2, 0) is 0 Å². The number of rotatable bonds is 9. The largest absolute Gasteiger partial charge is 0.477 e. The topological polar surface area (TPSA) is 90.1 Å². The normalized spacial score (nSPS) is 20.0. The average molecular weight is 382 g/mol. The molecule has 3 aliphatic carbocycles. The molecule has 5 rings (SSSR count). The predicted molar refractivity (Wildman–Crippen MR) is 101 cm³/mol. The molecule has 2 aromatic rings. The van der Waals surface area contributed by atoms with E-state index in [-0.39, 0.29) is 11.9 Å². The molecule has 0 unspecified atom stereocenters. The molecule has 28 heavy (non-hydrogen) atoms. The summed E-state index contributed by atoms with van der Waals surface area (Å²) in [6.07, 6.45) is 7.89. The number of hydrogen-bond acceptors (Lipinski definition) is 6. The highest BCUT2D eigenvalue weighted by molar-refractivity contribution is 5.94. The number of aryl methyl sites for hydroxylation is 1. The highest BCUT2D eigenvalue weighted by Gasteiger charge is 2.33. The van der Waals surface area contributed by atoms with E-state index in [0.29, 0.717) is 47.6 Å². The number of carbonyl (C=O) groups excluding carboxylic acids is 1. The third-order valence-corrected chi connectivity index (χ3v) is 5.72. The van der Waals surface area contributed by atoms with Crippen molar-refractivity contribution in [3.05, 3.63) is 35.1 Å². The van der Waals surface area contributed by atoms with E-state index in [9.17, 15) is 4.79 Å². The van der Waals surface area contributed by atoms with Gasteiger partial charge in [-0.2, -0.15) is 4.98 Å². The summed E-state index contributed by atoms with van der Waals surface area (Å²) in [5.74, 6) is 3.12. The fourth-order valence-corrected chi connectivity index (χ4v) is 3.52. The van der Waals surface area contributed by atoms with Crippen molar-refractivity contribution < 1.29 is 14.1 Å². The van der Waals surface area contributed by atoms with Gasteiger partial charge in [0.2, 0.25) is 11.8 Å². The zero-order valence-electron chi connectivity index (χ0n) is 16.2. The number of pyridine rings is 1. The molecule has 0 aromatic carbocycles.